The Balaban J connectivity index is 1.33. The van der Waals surface area contributed by atoms with Crippen molar-refractivity contribution in [3.8, 4) is 0 Å². The van der Waals surface area contributed by atoms with E-state index in [-0.39, 0.29) is 24.5 Å². The standard InChI is InChI=1S/C32H36N2O3/c35-31(30-19-11-10-16-28(30)24-37-32(36)27-14-6-2-7-15-27)34(29-17-8-3-9-18-29)33-21-20-26(23-33)22-25-12-4-1-5-13-25/h1-2,4-7,10-16,19,26,29H,3,8-9,17-18,20-24H2. The van der Waals surface area contributed by atoms with E-state index in [0.717, 1.165) is 57.2 Å². The summed E-state index contributed by atoms with van der Waals surface area (Å²) in [6, 6.07) is 27.4. The van der Waals surface area contributed by atoms with E-state index in [1.54, 1.807) is 12.1 Å². The molecule has 1 unspecified atom stereocenters. The zero-order chi connectivity index (χ0) is 25.5. The maximum absolute atomic E-state index is 14.2. The maximum atomic E-state index is 14.2. The lowest BCUT2D eigenvalue weighted by molar-refractivity contribution is -0.0332. The van der Waals surface area contributed by atoms with Gasteiger partial charge in [-0.3, -0.25) is 9.80 Å². The van der Waals surface area contributed by atoms with Crippen molar-refractivity contribution in [2.45, 2.75) is 57.6 Å². The lowest BCUT2D eigenvalue weighted by Crippen LogP contribution is -2.52. The van der Waals surface area contributed by atoms with Crippen molar-refractivity contribution in [1.82, 2.24) is 10.0 Å². The van der Waals surface area contributed by atoms with E-state index < -0.39 is 0 Å². The Morgan fingerprint density at radius 1 is 0.811 bits per heavy atom. The average molecular weight is 497 g/mol. The van der Waals surface area contributed by atoms with Gasteiger partial charge in [0.15, 0.2) is 0 Å². The summed E-state index contributed by atoms with van der Waals surface area (Å²) in [5.41, 5.74) is 3.24. The summed E-state index contributed by atoms with van der Waals surface area (Å²) >= 11 is 0. The monoisotopic (exact) mass is 496 g/mol. The number of benzene rings is 3. The Morgan fingerprint density at radius 2 is 1.49 bits per heavy atom. The molecule has 192 valence electrons. The third-order valence-electron chi connectivity index (χ3n) is 7.68. The highest BCUT2D eigenvalue weighted by atomic mass is 16.5. The third-order valence-corrected chi connectivity index (χ3v) is 7.68. The minimum Gasteiger partial charge on any atom is -0.457 e. The fourth-order valence-electron chi connectivity index (χ4n) is 5.75. The molecule has 1 saturated heterocycles. The number of ether oxygens (including phenoxy) is 1. The Bertz CT molecular complexity index is 1170. The van der Waals surface area contributed by atoms with Gasteiger partial charge in [-0.1, -0.05) is 86.0 Å². The van der Waals surface area contributed by atoms with Crippen molar-refractivity contribution in [2.24, 2.45) is 5.92 Å². The highest BCUT2D eigenvalue weighted by molar-refractivity contribution is 5.96. The Morgan fingerprint density at radius 3 is 2.24 bits per heavy atom. The van der Waals surface area contributed by atoms with E-state index in [1.807, 2.05) is 42.5 Å². The van der Waals surface area contributed by atoms with Crippen LogP contribution in [-0.2, 0) is 17.8 Å². The second-order valence-electron chi connectivity index (χ2n) is 10.3. The van der Waals surface area contributed by atoms with Crippen molar-refractivity contribution in [2.75, 3.05) is 13.1 Å². The lowest BCUT2D eigenvalue weighted by Gasteiger charge is -2.40. The van der Waals surface area contributed by atoms with E-state index >= 15 is 0 Å². The first-order chi connectivity index (χ1) is 18.2. The summed E-state index contributed by atoms with van der Waals surface area (Å²) in [5, 5.41) is 4.38. The van der Waals surface area contributed by atoms with Crippen LogP contribution in [0.3, 0.4) is 0 Å². The van der Waals surface area contributed by atoms with Crippen LogP contribution in [-0.4, -0.2) is 41.0 Å². The van der Waals surface area contributed by atoms with Crippen LogP contribution in [0.4, 0.5) is 0 Å². The van der Waals surface area contributed by atoms with Gasteiger partial charge in [-0.2, -0.15) is 0 Å². The first kappa shape index (κ1) is 25.2. The molecular formula is C32H36N2O3. The molecule has 0 radical (unpaired) electrons. The molecule has 5 nitrogen and oxygen atoms in total. The van der Waals surface area contributed by atoms with Gasteiger partial charge in [0, 0.05) is 30.3 Å². The van der Waals surface area contributed by atoms with Gasteiger partial charge in [0.2, 0.25) is 0 Å². The molecule has 5 rings (SSSR count). The van der Waals surface area contributed by atoms with E-state index in [2.05, 4.69) is 40.3 Å². The molecular weight excluding hydrogens is 460 g/mol. The van der Waals surface area contributed by atoms with Crippen LogP contribution >= 0.6 is 0 Å². The molecule has 0 aromatic heterocycles. The van der Waals surface area contributed by atoms with Crippen LogP contribution in [0.2, 0.25) is 0 Å². The second kappa shape index (κ2) is 12.2. The van der Waals surface area contributed by atoms with Gasteiger partial charge in [0.1, 0.15) is 6.61 Å². The number of esters is 1. The number of nitrogens with zero attached hydrogens (tertiary/aromatic N) is 2. The SMILES string of the molecule is O=C(OCc1ccccc1C(=O)N(C1CCCCC1)N1CCC(Cc2ccccc2)C1)c1ccccc1. The predicted octanol–water partition coefficient (Wildman–Crippen LogP) is 6.30. The third kappa shape index (κ3) is 6.28. The van der Waals surface area contributed by atoms with E-state index in [1.165, 1.54) is 12.0 Å². The molecule has 2 aliphatic rings. The fourth-order valence-corrected chi connectivity index (χ4v) is 5.75. The molecule has 1 atom stereocenters. The Kier molecular flexibility index (Phi) is 8.32. The fraction of sp³-hybridized carbons (Fsp3) is 0.375. The summed E-state index contributed by atoms with van der Waals surface area (Å²) in [6.45, 7) is 1.86. The lowest BCUT2D eigenvalue weighted by atomic mass is 9.94. The normalized spacial score (nSPS) is 18.4. The maximum Gasteiger partial charge on any atom is 0.338 e. The van der Waals surface area contributed by atoms with E-state index in [4.69, 9.17) is 4.74 Å². The number of carbonyl (C=O) groups is 2. The summed E-state index contributed by atoms with van der Waals surface area (Å²) < 4.78 is 5.62. The van der Waals surface area contributed by atoms with Crippen LogP contribution in [0.15, 0.2) is 84.9 Å². The minimum atomic E-state index is -0.379. The van der Waals surface area contributed by atoms with Crippen LogP contribution < -0.4 is 0 Å². The minimum absolute atomic E-state index is 0.0265. The topological polar surface area (TPSA) is 49.9 Å². The highest BCUT2D eigenvalue weighted by Gasteiger charge is 2.36. The van der Waals surface area contributed by atoms with Crippen LogP contribution in [0.5, 0.6) is 0 Å². The molecule has 2 fully saturated rings. The van der Waals surface area contributed by atoms with Crippen molar-refractivity contribution < 1.29 is 14.3 Å². The number of amides is 1. The quantitative estimate of drug-likeness (QED) is 0.344. The smallest absolute Gasteiger partial charge is 0.338 e. The zero-order valence-electron chi connectivity index (χ0n) is 21.4. The molecule has 1 heterocycles. The first-order valence-corrected chi connectivity index (χ1v) is 13.6. The predicted molar refractivity (Wildman–Crippen MR) is 145 cm³/mol. The Hall–Kier alpha value is -3.44. The molecule has 0 N–H and O–H groups in total. The molecule has 1 saturated carbocycles. The van der Waals surface area contributed by atoms with Gasteiger partial charge in [0.25, 0.3) is 5.91 Å². The van der Waals surface area contributed by atoms with Crippen LogP contribution in [0.1, 0.15) is 70.4 Å². The van der Waals surface area contributed by atoms with Gasteiger partial charge >= 0.3 is 5.97 Å². The van der Waals surface area contributed by atoms with Crippen molar-refractivity contribution in [3.63, 3.8) is 0 Å². The summed E-state index contributed by atoms with van der Waals surface area (Å²) in [6.07, 6.45) is 7.75. The van der Waals surface area contributed by atoms with Crippen LogP contribution in [0, 0.1) is 5.92 Å². The first-order valence-electron chi connectivity index (χ1n) is 13.6. The largest absolute Gasteiger partial charge is 0.457 e. The molecule has 1 amide bonds. The number of hydrazine groups is 1. The second-order valence-corrected chi connectivity index (χ2v) is 10.3. The highest BCUT2D eigenvalue weighted by Crippen LogP contribution is 2.30. The molecule has 37 heavy (non-hydrogen) atoms. The summed E-state index contributed by atoms with van der Waals surface area (Å²) in [7, 11) is 0. The van der Waals surface area contributed by atoms with Gasteiger partial charge in [-0.15, -0.1) is 0 Å². The summed E-state index contributed by atoms with van der Waals surface area (Å²) in [4.78, 5) is 26.7. The molecule has 3 aromatic carbocycles. The number of carbonyl (C=O) groups excluding carboxylic acids is 2. The van der Waals surface area contributed by atoms with Crippen molar-refractivity contribution in [1.29, 1.82) is 0 Å². The molecule has 5 heteroatoms. The van der Waals surface area contributed by atoms with E-state index in [9.17, 15) is 9.59 Å². The van der Waals surface area contributed by atoms with Gasteiger partial charge in [-0.25, -0.2) is 9.80 Å². The molecule has 1 aliphatic heterocycles. The van der Waals surface area contributed by atoms with E-state index in [0.29, 0.717) is 17.0 Å². The molecule has 0 bridgehead atoms. The number of rotatable bonds is 8. The number of hydrogen-bond donors (Lipinski definition) is 0. The molecule has 3 aromatic rings. The van der Waals surface area contributed by atoms with Gasteiger partial charge in [-0.05, 0) is 55.4 Å². The van der Waals surface area contributed by atoms with Gasteiger partial charge in [0.05, 0.1) is 5.56 Å². The average Bonchev–Trinajstić information content (AvgIpc) is 3.41. The van der Waals surface area contributed by atoms with Crippen molar-refractivity contribution >= 4 is 11.9 Å². The molecule has 0 spiro atoms. The summed E-state index contributed by atoms with van der Waals surface area (Å²) in [5.74, 6) is 0.178. The number of hydrogen-bond acceptors (Lipinski definition) is 4. The van der Waals surface area contributed by atoms with Crippen LogP contribution in [0.25, 0.3) is 0 Å². The van der Waals surface area contributed by atoms with Crippen molar-refractivity contribution in [3.05, 3.63) is 107 Å². The zero-order valence-corrected chi connectivity index (χ0v) is 21.4. The molecule has 1 aliphatic carbocycles. The Labute approximate surface area is 220 Å². The van der Waals surface area contributed by atoms with Gasteiger partial charge < -0.3 is 4.74 Å².